The highest BCUT2D eigenvalue weighted by molar-refractivity contribution is 6.31. The highest BCUT2D eigenvalue weighted by atomic mass is 35.5. The number of halogens is 1. The van der Waals surface area contributed by atoms with E-state index in [1.165, 1.54) is 12.1 Å². The fourth-order valence-corrected chi connectivity index (χ4v) is 1.74. The van der Waals surface area contributed by atoms with Gasteiger partial charge in [-0.3, -0.25) is 19.7 Å². The molecule has 1 aromatic carbocycles. The SMILES string of the molecule is CC(C)CCC(=O)OCC(=O)Nc1ccc(Cl)cc1[N+](=O)[O-]. The molecular formula is C14H17ClN2O5. The Kier molecular flexibility index (Phi) is 6.78. The van der Waals surface area contributed by atoms with Gasteiger partial charge in [-0.25, -0.2) is 0 Å². The highest BCUT2D eigenvalue weighted by Gasteiger charge is 2.17. The normalized spacial score (nSPS) is 10.4. The van der Waals surface area contributed by atoms with Crippen molar-refractivity contribution in [2.75, 3.05) is 11.9 Å². The fourth-order valence-electron chi connectivity index (χ4n) is 1.57. The van der Waals surface area contributed by atoms with Gasteiger partial charge in [-0.15, -0.1) is 0 Å². The topological polar surface area (TPSA) is 98.5 Å². The zero-order chi connectivity index (χ0) is 16.7. The first kappa shape index (κ1) is 17.9. The quantitative estimate of drug-likeness (QED) is 0.471. The molecule has 1 amide bonds. The Balaban J connectivity index is 2.55. The van der Waals surface area contributed by atoms with Crippen LogP contribution in [0.5, 0.6) is 0 Å². The lowest BCUT2D eigenvalue weighted by Gasteiger charge is -2.08. The summed E-state index contributed by atoms with van der Waals surface area (Å²) in [5.41, 5.74) is -0.329. The van der Waals surface area contributed by atoms with Gasteiger partial charge in [-0.1, -0.05) is 25.4 Å². The highest BCUT2D eigenvalue weighted by Crippen LogP contribution is 2.27. The number of ether oxygens (including phenoxy) is 1. The molecule has 1 aromatic rings. The van der Waals surface area contributed by atoms with Crippen LogP contribution in [0.4, 0.5) is 11.4 Å². The molecule has 0 heterocycles. The molecule has 8 heteroatoms. The van der Waals surface area contributed by atoms with Crippen LogP contribution in [0.25, 0.3) is 0 Å². The molecule has 0 saturated heterocycles. The summed E-state index contributed by atoms with van der Waals surface area (Å²) in [6, 6.07) is 3.86. The van der Waals surface area contributed by atoms with Gasteiger partial charge < -0.3 is 10.1 Å². The average molecular weight is 329 g/mol. The van der Waals surface area contributed by atoms with Gasteiger partial charge in [0.15, 0.2) is 6.61 Å². The van der Waals surface area contributed by atoms with Crippen LogP contribution in [0.2, 0.25) is 5.02 Å². The van der Waals surface area contributed by atoms with E-state index in [4.69, 9.17) is 16.3 Å². The molecule has 22 heavy (non-hydrogen) atoms. The molecule has 1 N–H and O–H groups in total. The Morgan fingerprint density at radius 2 is 2.09 bits per heavy atom. The van der Waals surface area contributed by atoms with Crippen molar-refractivity contribution in [3.05, 3.63) is 33.3 Å². The van der Waals surface area contributed by atoms with Crippen molar-refractivity contribution in [1.29, 1.82) is 0 Å². The van der Waals surface area contributed by atoms with Crippen molar-refractivity contribution >= 4 is 34.9 Å². The molecule has 0 unspecified atom stereocenters. The van der Waals surface area contributed by atoms with Crippen LogP contribution in [0, 0.1) is 16.0 Å². The van der Waals surface area contributed by atoms with Crippen LogP contribution in [0.3, 0.4) is 0 Å². The lowest BCUT2D eigenvalue weighted by atomic mass is 10.1. The minimum atomic E-state index is -0.657. The number of hydrogen-bond donors (Lipinski definition) is 1. The minimum Gasteiger partial charge on any atom is -0.456 e. The molecule has 7 nitrogen and oxygen atoms in total. The van der Waals surface area contributed by atoms with Crippen LogP contribution in [0.15, 0.2) is 18.2 Å². The largest absolute Gasteiger partial charge is 0.456 e. The second kappa shape index (κ2) is 8.33. The Hall–Kier alpha value is -2.15. The number of carbonyl (C=O) groups excluding carboxylic acids is 2. The Labute approximate surface area is 132 Å². The first-order valence-corrected chi connectivity index (χ1v) is 7.06. The summed E-state index contributed by atoms with van der Waals surface area (Å²) in [4.78, 5) is 33.3. The number of nitro benzene ring substituents is 1. The van der Waals surface area contributed by atoms with Crippen molar-refractivity contribution in [2.45, 2.75) is 26.7 Å². The molecule has 0 saturated carbocycles. The number of nitro groups is 1. The number of amides is 1. The second-order valence-electron chi connectivity index (χ2n) is 5.06. The molecule has 0 spiro atoms. The molecule has 0 aliphatic carbocycles. The smallest absolute Gasteiger partial charge is 0.306 e. The van der Waals surface area contributed by atoms with Crippen molar-refractivity contribution in [2.24, 2.45) is 5.92 Å². The van der Waals surface area contributed by atoms with E-state index < -0.39 is 23.4 Å². The molecule has 0 atom stereocenters. The monoisotopic (exact) mass is 328 g/mol. The van der Waals surface area contributed by atoms with E-state index in [1.54, 1.807) is 0 Å². The number of rotatable bonds is 7. The molecule has 0 aliphatic heterocycles. The number of esters is 1. The van der Waals surface area contributed by atoms with Crippen LogP contribution in [-0.4, -0.2) is 23.4 Å². The van der Waals surface area contributed by atoms with E-state index in [0.717, 1.165) is 6.07 Å². The fraction of sp³-hybridized carbons (Fsp3) is 0.429. The van der Waals surface area contributed by atoms with Gasteiger partial charge in [0.1, 0.15) is 5.69 Å². The van der Waals surface area contributed by atoms with Crippen molar-refractivity contribution in [1.82, 2.24) is 0 Å². The molecule has 0 radical (unpaired) electrons. The van der Waals surface area contributed by atoms with Crippen molar-refractivity contribution in [3.63, 3.8) is 0 Å². The van der Waals surface area contributed by atoms with Gasteiger partial charge in [0.05, 0.1) is 4.92 Å². The molecule has 0 bridgehead atoms. The Morgan fingerprint density at radius 1 is 1.41 bits per heavy atom. The summed E-state index contributed by atoms with van der Waals surface area (Å²) < 4.78 is 4.80. The lowest BCUT2D eigenvalue weighted by molar-refractivity contribution is -0.383. The predicted molar refractivity (Wildman–Crippen MR) is 81.8 cm³/mol. The maximum atomic E-state index is 11.7. The number of anilines is 1. The average Bonchev–Trinajstić information content (AvgIpc) is 2.44. The van der Waals surface area contributed by atoms with Crippen molar-refractivity contribution < 1.29 is 19.2 Å². The number of nitrogens with zero attached hydrogens (tertiary/aromatic N) is 1. The van der Waals surface area contributed by atoms with Crippen LogP contribution in [0.1, 0.15) is 26.7 Å². The van der Waals surface area contributed by atoms with E-state index in [-0.39, 0.29) is 22.8 Å². The van der Waals surface area contributed by atoms with E-state index >= 15 is 0 Å². The van der Waals surface area contributed by atoms with E-state index in [0.29, 0.717) is 12.3 Å². The van der Waals surface area contributed by atoms with Crippen LogP contribution >= 0.6 is 11.6 Å². The summed E-state index contributed by atoms with van der Waals surface area (Å²) in [7, 11) is 0. The van der Waals surface area contributed by atoms with Gasteiger partial charge in [0.2, 0.25) is 0 Å². The lowest BCUT2D eigenvalue weighted by Crippen LogP contribution is -2.21. The molecule has 120 valence electrons. The number of benzene rings is 1. The summed E-state index contributed by atoms with van der Waals surface area (Å²) in [5.74, 6) is -0.768. The van der Waals surface area contributed by atoms with E-state index in [2.05, 4.69) is 5.32 Å². The zero-order valence-electron chi connectivity index (χ0n) is 12.3. The third kappa shape index (κ3) is 6.09. The maximum Gasteiger partial charge on any atom is 0.306 e. The van der Waals surface area contributed by atoms with Gasteiger partial charge in [0, 0.05) is 17.5 Å². The Bertz CT molecular complexity index is 574. The molecule has 1 rings (SSSR count). The maximum absolute atomic E-state index is 11.7. The van der Waals surface area contributed by atoms with Crippen LogP contribution < -0.4 is 5.32 Å². The summed E-state index contributed by atoms with van der Waals surface area (Å²) in [5, 5.41) is 13.4. The van der Waals surface area contributed by atoms with Crippen molar-refractivity contribution in [3.8, 4) is 0 Å². The standard InChI is InChI=1S/C14H17ClN2O5/c1-9(2)3-6-14(19)22-8-13(18)16-11-5-4-10(15)7-12(11)17(20)21/h4-5,7,9H,3,6,8H2,1-2H3,(H,16,18). The number of hydrogen-bond acceptors (Lipinski definition) is 5. The third-order valence-corrected chi connectivity index (χ3v) is 2.96. The van der Waals surface area contributed by atoms with Gasteiger partial charge >= 0.3 is 5.97 Å². The number of carbonyl (C=O) groups is 2. The molecule has 0 aliphatic rings. The Morgan fingerprint density at radius 3 is 2.68 bits per heavy atom. The van der Waals surface area contributed by atoms with Crippen LogP contribution in [-0.2, 0) is 14.3 Å². The molecule has 0 aromatic heterocycles. The number of nitrogens with one attached hydrogen (secondary N) is 1. The second-order valence-corrected chi connectivity index (χ2v) is 5.50. The zero-order valence-corrected chi connectivity index (χ0v) is 13.1. The summed E-state index contributed by atoms with van der Waals surface area (Å²) >= 11 is 5.67. The minimum absolute atomic E-state index is 0.00220. The summed E-state index contributed by atoms with van der Waals surface area (Å²) in [6.07, 6.45) is 0.898. The molecular weight excluding hydrogens is 312 g/mol. The van der Waals surface area contributed by atoms with Gasteiger partial charge in [-0.2, -0.15) is 0 Å². The van der Waals surface area contributed by atoms with E-state index in [1.807, 2.05) is 13.8 Å². The predicted octanol–water partition coefficient (Wildman–Crippen LogP) is 3.17. The van der Waals surface area contributed by atoms with Gasteiger partial charge in [0.25, 0.3) is 11.6 Å². The van der Waals surface area contributed by atoms with E-state index in [9.17, 15) is 19.7 Å². The van der Waals surface area contributed by atoms with Gasteiger partial charge in [-0.05, 0) is 24.5 Å². The third-order valence-electron chi connectivity index (χ3n) is 2.72. The molecule has 0 fully saturated rings. The summed E-state index contributed by atoms with van der Waals surface area (Å²) in [6.45, 7) is 3.45. The first-order chi connectivity index (χ1) is 10.3. The first-order valence-electron chi connectivity index (χ1n) is 6.69.